The van der Waals surface area contributed by atoms with Crippen LogP contribution < -0.4 is 9.47 Å². The van der Waals surface area contributed by atoms with E-state index >= 15 is 0 Å². The normalized spacial score (nSPS) is 12.0. The Bertz CT molecular complexity index is 549. The fourth-order valence-electron chi connectivity index (χ4n) is 1.94. The lowest BCUT2D eigenvalue weighted by molar-refractivity contribution is 0.354. The van der Waals surface area contributed by atoms with Crippen molar-refractivity contribution < 1.29 is 9.47 Å². The molecule has 0 aliphatic carbocycles. The molecule has 0 saturated heterocycles. The van der Waals surface area contributed by atoms with E-state index in [0.717, 1.165) is 17.1 Å². The zero-order valence-corrected chi connectivity index (χ0v) is 12.9. The number of hydrogen-bond donors (Lipinski definition) is 0. The van der Waals surface area contributed by atoms with Gasteiger partial charge in [0.25, 0.3) is 0 Å². The summed E-state index contributed by atoms with van der Waals surface area (Å²) in [5, 5.41) is 0. The number of benzene rings is 2. The van der Waals surface area contributed by atoms with Gasteiger partial charge in [0.2, 0.25) is 0 Å². The average Bonchev–Trinajstić information content (AvgIpc) is 2.46. The average molecular weight is 321 g/mol. The van der Waals surface area contributed by atoms with Crippen LogP contribution in [0, 0.1) is 6.92 Å². The van der Waals surface area contributed by atoms with E-state index in [1.807, 2.05) is 18.2 Å². The monoisotopic (exact) mass is 320 g/mol. The van der Waals surface area contributed by atoms with Gasteiger partial charge >= 0.3 is 0 Å². The second-order valence-corrected chi connectivity index (χ2v) is 5.30. The fraction of sp³-hybridized carbons (Fsp3) is 0.250. The molecule has 0 aliphatic rings. The van der Waals surface area contributed by atoms with Gasteiger partial charge in [-0.2, -0.15) is 0 Å². The molecule has 3 heteroatoms. The zero-order chi connectivity index (χ0) is 13.8. The molecular weight excluding hydrogens is 304 g/mol. The number of hydrogen-bond acceptors (Lipinski definition) is 2. The first-order valence-electron chi connectivity index (χ1n) is 6.08. The fourth-order valence-corrected chi connectivity index (χ4v) is 2.53. The lowest BCUT2D eigenvalue weighted by Gasteiger charge is -2.14. The van der Waals surface area contributed by atoms with Crippen molar-refractivity contribution in [3.05, 3.63) is 59.2 Å². The highest BCUT2D eigenvalue weighted by Crippen LogP contribution is 2.36. The second kappa shape index (κ2) is 6.11. The Labute approximate surface area is 122 Å². The lowest BCUT2D eigenvalue weighted by atomic mass is 10.0. The molecule has 19 heavy (non-hydrogen) atoms. The summed E-state index contributed by atoms with van der Waals surface area (Å²) in [6, 6.07) is 14.5. The third-order valence-electron chi connectivity index (χ3n) is 3.07. The van der Waals surface area contributed by atoms with Crippen LogP contribution in [0.2, 0.25) is 0 Å². The summed E-state index contributed by atoms with van der Waals surface area (Å²) in [7, 11) is 3.29. The maximum Gasteiger partial charge on any atom is 0.161 e. The van der Waals surface area contributed by atoms with Gasteiger partial charge in [0.1, 0.15) is 0 Å². The molecule has 0 amide bonds. The molecule has 0 fully saturated rings. The molecule has 0 aromatic heterocycles. The molecule has 2 nitrogen and oxygen atoms in total. The van der Waals surface area contributed by atoms with Crippen LogP contribution in [0.3, 0.4) is 0 Å². The Morgan fingerprint density at radius 3 is 2.00 bits per heavy atom. The Kier molecular flexibility index (Phi) is 4.48. The van der Waals surface area contributed by atoms with Gasteiger partial charge in [-0.05, 0) is 30.2 Å². The van der Waals surface area contributed by atoms with Gasteiger partial charge in [-0.25, -0.2) is 0 Å². The highest BCUT2D eigenvalue weighted by atomic mass is 79.9. The smallest absolute Gasteiger partial charge is 0.161 e. The Balaban J connectivity index is 2.33. The van der Waals surface area contributed by atoms with Gasteiger partial charge in [0, 0.05) is 0 Å². The van der Waals surface area contributed by atoms with E-state index in [9.17, 15) is 0 Å². The molecule has 1 unspecified atom stereocenters. The predicted octanol–water partition coefficient (Wildman–Crippen LogP) is 4.50. The summed E-state index contributed by atoms with van der Waals surface area (Å²) in [6.45, 7) is 2.09. The van der Waals surface area contributed by atoms with Crippen molar-refractivity contribution in [1.29, 1.82) is 0 Å². The molecule has 2 aromatic rings. The van der Waals surface area contributed by atoms with E-state index in [2.05, 4.69) is 47.1 Å². The first kappa shape index (κ1) is 13.9. The Morgan fingerprint density at radius 2 is 1.42 bits per heavy atom. The standard InChI is InChI=1S/C16H17BrO2/c1-11-4-6-12(7-5-11)16(17)13-8-9-14(18-2)15(10-13)19-3/h4-10,16H,1-3H3. The van der Waals surface area contributed by atoms with Crippen LogP contribution in [0.15, 0.2) is 42.5 Å². The first-order valence-corrected chi connectivity index (χ1v) is 7.00. The minimum absolute atomic E-state index is 0.146. The molecule has 0 bridgehead atoms. The molecule has 0 N–H and O–H groups in total. The third kappa shape index (κ3) is 3.10. The van der Waals surface area contributed by atoms with E-state index in [-0.39, 0.29) is 4.83 Å². The van der Waals surface area contributed by atoms with Gasteiger partial charge < -0.3 is 9.47 Å². The van der Waals surface area contributed by atoms with Crippen LogP contribution in [-0.2, 0) is 0 Å². The number of alkyl halides is 1. The van der Waals surface area contributed by atoms with Gasteiger partial charge in [-0.15, -0.1) is 0 Å². The van der Waals surface area contributed by atoms with Crippen LogP contribution in [-0.4, -0.2) is 14.2 Å². The summed E-state index contributed by atoms with van der Waals surface area (Å²) in [5.74, 6) is 1.49. The van der Waals surface area contributed by atoms with Crippen molar-refractivity contribution in [3.63, 3.8) is 0 Å². The molecule has 0 spiro atoms. The van der Waals surface area contributed by atoms with Gasteiger partial charge in [-0.3, -0.25) is 0 Å². The maximum atomic E-state index is 5.34. The molecule has 2 aromatic carbocycles. The highest BCUT2D eigenvalue weighted by molar-refractivity contribution is 9.09. The second-order valence-electron chi connectivity index (χ2n) is 4.39. The highest BCUT2D eigenvalue weighted by Gasteiger charge is 2.13. The van der Waals surface area contributed by atoms with Crippen molar-refractivity contribution in [2.45, 2.75) is 11.8 Å². The van der Waals surface area contributed by atoms with E-state index < -0.39 is 0 Å². The van der Waals surface area contributed by atoms with Crippen molar-refractivity contribution in [3.8, 4) is 11.5 Å². The SMILES string of the molecule is COc1ccc(C(Br)c2ccc(C)cc2)cc1OC. The van der Waals surface area contributed by atoms with Crippen LogP contribution in [0.1, 0.15) is 21.5 Å². The zero-order valence-electron chi connectivity index (χ0n) is 11.3. The minimum atomic E-state index is 0.146. The Morgan fingerprint density at radius 1 is 0.842 bits per heavy atom. The van der Waals surface area contributed by atoms with E-state index in [1.54, 1.807) is 14.2 Å². The van der Waals surface area contributed by atoms with E-state index in [0.29, 0.717) is 0 Å². The molecule has 1 atom stereocenters. The van der Waals surface area contributed by atoms with Crippen LogP contribution in [0.5, 0.6) is 11.5 Å². The van der Waals surface area contributed by atoms with Crippen molar-refractivity contribution >= 4 is 15.9 Å². The number of rotatable bonds is 4. The van der Waals surface area contributed by atoms with Gasteiger partial charge in [0.05, 0.1) is 19.0 Å². The first-order chi connectivity index (χ1) is 9.15. The van der Waals surface area contributed by atoms with E-state index in [1.165, 1.54) is 11.1 Å². The topological polar surface area (TPSA) is 18.5 Å². The summed E-state index contributed by atoms with van der Waals surface area (Å²) in [5.41, 5.74) is 3.62. The molecule has 100 valence electrons. The van der Waals surface area contributed by atoms with Crippen LogP contribution in [0.4, 0.5) is 0 Å². The van der Waals surface area contributed by atoms with Crippen LogP contribution in [0.25, 0.3) is 0 Å². The summed E-state index contributed by atoms with van der Waals surface area (Å²) < 4.78 is 10.6. The predicted molar refractivity (Wildman–Crippen MR) is 81.5 cm³/mol. The number of ether oxygens (including phenoxy) is 2. The summed E-state index contributed by atoms with van der Waals surface area (Å²) in [6.07, 6.45) is 0. The maximum absolute atomic E-state index is 5.34. The van der Waals surface area contributed by atoms with Gasteiger partial charge in [-0.1, -0.05) is 51.8 Å². The molecular formula is C16H17BrO2. The minimum Gasteiger partial charge on any atom is -0.493 e. The number of methoxy groups -OCH3 is 2. The molecule has 0 heterocycles. The molecule has 0 radical (unpaired) electrons. The largest absolute Gasteiger partial charge is 0.493 e. The van der Waals surface area contributed by atoms with Crippen molar-refractivity contribution in [2.24, 2.45) is 0 Å². The molecule has 0 saturated carbocycles. The van der Waals surface area contributed by atoms with Crippen LogP contribution >= 0.6 is 15.9 Å². The number of aryl methyl sites for hydroxylation is 1. The van der Waals surface area contributed by atoms with Crippen molar-refractivity contribution in [1.82, 2.24) is 0 Å². The summed E-state index contributed by atoms with van der Waals surface area (Å²) in [4.78, 5) is 0.146. The third-order valence-corrected chi connectivity index (χ3v) is 4.13. The molecule has 0 aliphatic heterocycles. The van der Waals surface area contributed by atoms with Gasteiger partial charge in [0.15, 0.2) is 11.5 Å². The van der Waals surface area contributed by atoms with Crippen molar-refractivity contribution in [2.75, 3.05) is 14.2 Å². The molecule has 2 rings (SSSR count). The number of halogens is 1. The van der Waals surface area contributed by atoms with E-state index in [4.69, 9.17) is 9.47 Å². The lowest BCUT2D eigenvalue weighted by Crippen LogP contribution is -1.96. The Hall–Kier alpha value is -1.48. The summed E-state index contributed by atoms with van der Waals surface area (Å²) >= 11 is 3.73. The quantitative estimate of drug-likeness (QED) is 0.772.